The zero-order valence-corrected chi connectivity index (χ0v) is 13.6. The predicted molar refractivity (Wildman–Crippen MR) is 86.5 cm³/mol. The molecule has 1 fully saturated rings. The molecule has 9 nitrogen and oxygen atoms in total. The van der Waals surface area contributed by atoms with Crippen molar-refractivity contribution in [2.24, 2.45) is 0 Å². The van der Waals surface area contributed by atoms with Crippen LogP contribution in [-0.2, 0) is 22.5 Å². The second-order valence-electron chi connectivity index (χ2n) is 5.87. The van der Waals surface area contributed by atoms with Gasteiger partial charge in [-0.3, -0.25) is 4.79 Å². The van der Waals surface area contributed by atoms with E-state index in [0.29, 0.717) is 24.7 Å². The van der Waals surface area contributed by atoms with Crippen LogP contribution in [0, 0.1) is 0 Å². The Morgan fingerprint density at radius 1 is 1.28 bits per heavy atom. The number of hydrogen-bond acceptors (Lipinski definition) is 7. The summed E-state index contributed by atoms with van der Waals surface area (Å²) in [6, 6.07) is 7.49. The Morgan fingerprint density at radius 3 is 2.80 bits per heavy atom. The Hall–Kier alpha value is -2.81. The summed E-state index contributed by atoms with van der Waals surface area (Å²) in [6.45, 7) is 1.22. The van der Waals surface area contributed by atoms with Gasteiger partial charge in [0.2, 0.25) is 5.91 Å². The SMILES string of the molecule is O=C(Cn1nc2ccccc2n1)NCCc1noc([C@H]2CCCO2)n1. The van der Waals surface area contributed by atoms with Gasteiger partial charge in [-0.1, -0.05) is 17.3 Å². The molecular formula is C16H18N6O3. The van der Waals surface area contributed by atoms with E-state index in [0.717, 1.165) is 30.5 Å². The minimum atomic E-state index is -0.164. The zero-order valence-electron chi connectivity index (χ0n) is 13.6. The molecule has 4 rings (SSSR count). The van der Waals surface area contributed by atoms with E-state index in [1.54, 1.807) is 0 Å². The van der Waals surface area contributed by atoms with Crippen molar-refractivity contribution in [3.05, 3.63) is 36.0 Å². The van der Waals surface area contributed by atoms with E-state index in [4.69, 9.17) is 9.26 Å². The second kappa shape index (κ2) is 6.98. The summed E-state index contributed by atoms with van der Waals surface area (Å²) in [5.74, 6) is 0.920. The molecule has 1 aliphatic rings. The number of rotatable bonds is 6. The number of aromatic nitrogens is 5. The molecule has 0 spiro atoms. The predicted octanol–water partition coefficient (Wildman–Crippen LogP) is 1.02. The van der Waals surface area contributed by atoms with Crippen LogP contribution in [0.1, 0.15) is 30.7 Å². The first-order chi connectivity index (χ1) is 12.3. The van der Waals surface area contributed by atoms with Gasteiger partial charge < -0.3 is 14.6 Å². The first-order valence-electron chi connectivity index (χ1n) is 8.28. The highest BCUT2D eigenvalue weighted by atomic mass is 16.5. The molecule has 130 valence electrons. The molecule has 1 atom stereocenters. The van der Waals surface area contributed by atoms with Crippen LogP contribution in [0.4, 0.5) is 0 Å². The molecule has 1 saturated heterocycles. The maximum atomic E-state index is 12.0. The Balaban J connectivity index is 1.26. The zero-order chi connectivity index (χ0) is 17.1. The van der Waals surface area contributed by atoms with Gasteiger partial charge in [-0.25, -0.2) is 0 Å². The first kappa shape index (κ1) is 15.7. The summed E-state index contributed by atoms with van der Waals surface area (Å²) in [5.41, 5.74) is 1.53. The van der Waals surface area contributed by atoms with Gasteiger partial charge >= 0.3 is 0 Å². The fraction of sp³-hybridized carbons (Fsp3) is 0.438. The van der Waals surface area contributed by atoms with E-state index in [9.17, 15) is 4.79 Å². The van der Waals surface area contributed by atoms with Crippen molar-refractivity contribution in [1.29, 1.82) is 0 Å². The van der Waals surface area contributed by atoms with Gasteiger partial charge in [0.25, 0.3) is 5.89 Å². The molecule has 0 saturated carbocycles. The molecule has 9 heteroatoms. The lowest BCUT2D eigenvalue weighted by Gasteiger charge is -2.02. The minimum absolute atomic E-state index is 0.0715. The molecular weight excluding hydrogens is 324 g/mol. The summed E-state index contributed by atoms with van der Waals surface area (Å²) in [6.07, 6.45) is 2.32. The maximum absolute atomic E-state index is 12.0. The van der Waals surface area contributed by atoms with E-state index >= 15 is 0 Å². The van der Waals surface area contributed by atoms with Crippen LogP contribution in [0.25, 0.3) is 11.0 Å². The van der Waals surface area contributed by atoms with Crippen molar-refractivity contribution in [3.8, 4) is 0 Å². The summed E-state index contributed by atoms with van der Waals surface area (Å²) in [5, 5.41) is 15.2. The highest BCUT2D eigenvalue weighted by molar-refractivity contribution is 5.77. The molecule has 1 N–H and O–H groups in total. The summed E-state index contributed by atoms with van der Waals surface area (Å²) in [7, 11) is 0. The monoisotopic (exact) mass is 342 g/mol. The Kier molecular flexibility index (Phi) is 4.38. The second-order valence-corrected chi connectivity index (χ2v) is 5.87. The Labute approximate surface area is 143 Å². The lowest BCUT2D eigenvalue weighted by molar-refractivity contribution is -0.122. The molecule has 1 amide bonds. The van der Waals surface area contributed by atoms with Crippen LogP contribution in [0.2, 0.25) is 0 Å². The summed E-state index contributed by atoms with van der Waals surface area (Å²) >= 11 is 0. The standard InChI is InChI=1S/C16H18N6O3/c23-15(10-22-19-11-4-1-2-5-12(11)20-22)17-8-7-14-18-16(25-21-14)13-6-3-9-24-13/h1-2,4-5,13H,3,6-10H2,(H,17,23)/t13-/m1/s1. The van der Waals surface area contributed by atoms with Crippen molar-refractivity contribution in [2.45, 2.75) is 31.9 Å². The molecule has 0 bridgehead atoms. The van der Waals surface area contributed by atoms with E-state index < -0.39 is 0 Å². The number of carbonyl (C=O) groups excluding carboxylic acids is 1. The third kappa shape index (κ3) is 3.66. The van der Waals surface area contributed by atoms with Gasteiger partial charge in [0, 0.05) is 19.6 Å². The van der Waals surface area contributed by atoms with Gasteiger partial charge in [0.15, 0.2) is 5.82 Å². The highest BCUT2D eigenvalue weighted by Gasteiger charge is 2.23. The molecule has 1 aromatic carbocycles. The number of ether oxygens (including phenoxy) is 1. The van der Waals surface area contributed by atoms with Gasteiger partial charge in [0.05, 0.1) is 0 Å². The van der Waals surface area contributed by atoms with Gasteiger partial charge in [-0.05, 0) is 25.0 Å². The first-order valence-corrected chi connectivity index (χ1v) is 8.28. The van der Waals surface area contributed by atoms with Crippen LogP contribution in [0.15, 0.2) is 28.8 Å². The van der Waals surface area contributed by atoms with Crippen LogP contribution in [0.5, 0.6) is 0 Å². The minimum Gasteiger partial charge on any atom is -0.368 e. The molecule has 25 heavy (non-hydrogen) atoms. The Morgan fingerprint density at radius 2 is 2.08 bits per heavy atom. The van der Waals surface area contributed by atoms with Crippen molar-refractivity contribution in [2.75, 3.05) is 13.2 Å². The normalized spacial score (nSPS) is 17.2. The quantitative estimate of drug-likeness (QED) is 0.712. The maximum Gasteiger partial charge on any atom is 0.255 e. The highest BCUT2D eigenvalue weighted by Crippen LogP contribution is 2.26. The van der Waals surface area contributed by atoms with Gasteiger partial charge in [-0.15, -0.1) is 0 Å². The summed E-state index contributed by atoms with van der Waals surface area (Å²) < 4.78 is 10.7. The van der Waals surface area contributed by atoms with Crippen LogP contribution < -0.4 is 5.32 Å². The fourth-order valence-corrected chi connectivity index (χ4v) is 2.75. The number of hydrogen-bond donors (Lipinski definition) is 1. The van der Waals surface area contributed by atoms with Crippen molar-refractivity contribution >= 4 is 16.9 Å². The topological polar surface area (TPSA) is 108 Å². The van der Waals surface area contributed by atoms with E-state index in [2.05, 4.69) is 25.7 Å². The smallest absolute Gasteiger partial charge is 0.255 e. The lowest BCUT2D eigenvalue weighted by atomic mass is 10.2. The van der Waals surface area contributed by atoms with Gasteiger partial charge in [-0.2, -0.15) is 20.0 Å². The number of carbonyl (C=O) groups is 1. The fourth-order valence-electron chi connectivity index (χ4n) is 2.75. The molecule has 3 heterocycles. The van der Waals surface area contributed by atoms with Crippen molar-refractivity contribution in [1.82, 2.24) is 30.5 Å². The van der Waals surface area contributed by atoms with Crippen molar-refractivity contribution in [3.63, 3.8) is 0 Å². The summed E-state index contributed by atoms with van der Waals surface area (Å²) in [4.78, 5) is 17.7. The van der Waals surface area contributed by atoms with E-state index in [-0.39, 0.29) is 18.6 Å². The lowest BCUT2D eigenvalue weighted by Crippen LogP contribution is -2.30. The number of benzene rings is 1. The number of nitrogens with one attached hydrogen (secondary N) is 1. The number of fused-ring (bicyclic) bond motifs is 1. The van der Waals surface area contributed by atoms with Gasteiger partial charge in [0.1, 0.15) is 23.7 Å². The Bertz CT molecular complexity index is 835. The third-order valence-electron chi connectivity index (χ3n) is 3.97. The average molecular weight is 342 g/mol. The largest absolute Gasteiger partial charge is 0.368 e. The molecule has 3 aromatic rings. The van der Waals surface area contributed by atoms with Crippen LogP contribution in [-0.4, -0.2) is 44.2 Å². The van der Waals surface area contributed by atoms with E-state index in [1.165, 1.54) is 4.80 Å². The van der Waals surface area contributed by atoms with Crippen molar-refractivity contribution < 1.29 is 14.1 Å². The van der Waals surface area contributed by atoms with E-state index in [1.807, 2.05) is 24.3 Å². The molecule has 1 aliphatic heterocycles. The molecule has 0 aliphatic carbocycles. The third-order valence-corrected chi connectivity index (χ3v) is 3.97. The molecule has 0 unspecified atom stereocenters. The number of nitrogens with zero attached hydrogens (tertiary/aromatic N) is 5. The van der Waals surface area contributed by atoms with Crippen LogP contribution >= 0.6 is 0 Å². The van der Waals surface area contributed by atoms with Crippen LogP contribution in [0.3, 0.4) is 0 Å². The number of amides is 1. The average Bonchev–Trinajstić information content (AvgIpc) is 3.34. The molecule has 0 radical (unpaired) electrons. The molecule has 2 aromatic heterocycles.